The number of amides is 2. The fraction of sp³-hybridized carbons (Fsp3) is 0.368. The molecule has 0 bridgehead atoms. The Bertz CT molecular complexity index is 1920. The predicted octanol–water partition coefficient (Wildman–Crippen LogP) is 6.93. The fourth-order valence-electron chi connectivity index (χ4n) is 7.73. The summed E-state index contributed by atoms with van der Waals surface area (Å²) in [6, 6.07) is 13.0. The third kappa shape index (κ3) is 5.77. The molecule has 0 unspecified atom stereocenters. The first-order chi connectivity index (χ1) is 23.2. The Balaban J connectivity index is 1.33. The summed E-state index contributed by atoms with van der Waals surface area (Å²) in [6.07, 6.45) is 6.42. The van der Waals surface area contributed by atoms with Crippen molar-refractivity contribution in [3.63, 3.8) is 0 Å². The van der Waals surface area contributed by atoms with Crippen LogP contribution in [0.1, 0.15) is 85.7 Å². The van der Waals surface area contributed by atoms with E-state index < -0.39 is 5.97 Å². The monoisotopic (exact) mass is 664 g/mol. The average Bonchev–Trinajstić information content (AvgIpc) is 3.85. The first-order valence-corrected chi connectivity index (χ1v) is 17.5. The summed E-state index contributed by atoms with van der Waals surface area (Å²) in [4.78, 5) is 48.9. The number of carbonyl (C=O) groups excluding carboxylic acids is 3. The molecule has 2 aliphatic heterocycles. The highest BCUT2D eigenvalue weighted by atomic mass is 32.1. The first kappa shape index (κ1) is 32.0. The number of nitrogens with two attached hydrogens (primary N) is 1. The van der Waals surface area contributed by atoms with E-state index in [1.807, 2.05) is 48.4 Å². The van der Waals surface area contributed by atoms with Gasteiger partial charge in [-0.2, -0.15) is 0 Å². The number of fused-ring (bicyclic) bond motifs is 3. The van der Waals surface area contributed by atoms with Gasteiger partial charge in [-0.3, -0.25) is 9.59 Å². The summed E-state index contributed by atoms with van der Waals surface area (Å²) >= 11 is 1.60. The number of pyridine rings is 1. The maximum Gasteiger partial charge on any atom is 0.357 e. The molecule has 1 spiro atoms. The summed E-state index contributed by atoms with van der Waals surface area (Å²) in [5.74, 6) is -0.634. The number of hydrogen-bond donors (Lipinski definition) is 2. The van der Waals surface area contributed by atoms with Crippen molar-refractivity contribution in [1.29, 1.82) is 0 Å². The van der Waals surface area contributed by atoms with Crippen LogP contribution in [0.5, 0.6) is 5.75 Å². The highest BCUT2D eigenvalue weighted by Crippen LogP contribution is 2.46. The number of rotatable bonds is 6. The highest BCUT2D eigenvalue weighted by Gasteiger charge is 2.42. The molecule has 0 atom stereocenters. The van der Waals surface area contributed by atoms with Crippen LogP contribution in [0.25, 0.3) is 21.6 Å². The molecule has 2 aromatic carbocycles. The topological polar surface area (TPSA) is 124 Å². The van der Waals surface area contributed by atoms with E-state index in [0.717, 1.165) is 58.4 Å². The molecular formula is C38H40N4O5S. The van der Waals surface area contributed by atoms with Gasteiger partial charge in [0.25, 0.3) is 11.8 Å². The summed E-state index contributed by atoms with van der Waals surface area (Å²) in [5, 5.41) is 5.18. The third-order valence-electron chi connectivity index (χ3n) is 10.2. The third-order valence-corrected chi connectivity index (χ3v) is 11.2. The van der Waals surface area contributed by atoms with Gasteiger partial charge in [-0.1, -0.05) is 25.0 Å². The van der Waals surface area contributed by atoms with Crippen LogP contribution in [-0.2, 0) is 17.7 Å². The van der Waals surface area contributed by atoms with E-state index in [4.69, 9.17) is 15.2 Å². The summed E-state index contributed by atoms with van der Waals surface area (Å²) in [7, 11) is 1.29. The van der Waals surface area contributed by atoms with Crippen molar-refractivity contribution >= 4 is 34.8 Å². The number of likely N-dealkylation sites (tertiary alicyclic amines) is 1. The first-order valence-electron chi connectivity index (χ1n) is 16.6. The number of aryl methyl sites for hydroxylation is 2. The van der Waals surface area contributed by atoms with Gasteiger partial charge in [-0.15, -0.1) is 11.3 Å². The number of ether oxygens (including phenoxy) is 2. The molecule has 1 saturated heterocycles. The molecule has 1 saturated carbocycles. The minimum absolute atomic E-state index is 0.0304. The van der Waals surface area contributed by atoms with E-state index in [-0.39, 0.29) is 28.6 Å². The van der Waals surface area contributed by atoms with Gasteiger partial charge in [0.15, 0.2) is 5.69 Å². The van der Waals surface area contributed by atoms with Gasteiger partial charge in [-0.05, 0) is 96.5 Å². The van der Waals surface area contributed by atoms with E-state index in [9.17, 15) is 14.4 Å². The molecule has 2 fully saturated rings. The number of methoxy groups -OCH3 is 1. The van der Waals surface area contributed by atoms with Crippen LogP contribution in [0, 0.1) is 19.3 Å². The molecule has 3 aliphatic rings. The van der Waals surface area contributed by atoms with Crippen LogP contribution in [0.4, 0.5) is 5.69 Å². The van der Waals surface area contributed by atoms with Gasteiger partial charge < -0.3 is 25.4 Å². The largest absolute Gasteiger partial charge is 0.493 e. The number of esters is 1. The standard InChI is InChI=1S/C38H40N4O5S/c1-22-16-24(20-39)17-23(2)32(22)41-35(43)28-18-29-31(47-14-8-25-9-15-48-34(25)29)19-27(28)26-6-7-30(40-33(26)37(45)46-3)36(44)42-13-12-38(21-42)10-4-5-11-38/h6-7,9,15-19H,4-5,8,10-14,20-21,39H2,1-3H3,(H,41,43). The Morgan fingerprint density at radius 2 is 1.79 bits per heavy atom. The molecule has 10 heteroatoms. The second-order valence-electron chi connectivity index (χ2n) is 13.3. The minimum Gasteiger partial charge on any atom is -0.493 e. The van der Waals surface area contributed by atoms with Gasteiger partial charge in [0.05, 0.1) is 13.7 Å². The summed E-state index contributed by atoms with van der Waals surface area (Å²) < 4.78 is 11.4. The molecule has 2 amide bonds. The fourth-order valence-corrected chi connectivity index (χ4v) is 8.70. The molecular weight excluding hydrogens is 625 g/mol. The lowest BCUT2D eigenvalue weighted by molar-refractivity contribution is 0.0594. The van der Waals surface area contributed by atoms with Crippen LogP contribution >= 0.6 is 11.3 Å². The van der Waals surface area contributed by atoms with Crippen molar-refractivity contribution in [2.75, 3.05) is 32.1 Å². The Morgan fingerprint density at radius 3 is 2.52 bits per heavy atom. The second-order valence-corrected chi connectivity index (χ2v) is 14.2. The molecule has 3 N–H and O–H groups in total. The molecule has 1 aliphatic carbocycles. The van der Waals surface area contributed by atoms with Crippen molar-refractivity contribution in [3.8, 4) is 27.3 Å². The quantitative estimate of drug-likeness (QED) is 0.214. The zero-order chi connectivity index (χ0) is 33.6. The van der Waals surface area contributed by atoms with Crippen molar-refractivity contribution in [2.24, 2.45) is 11.1 Å². The number of aromatic nitrogens is 1. The number of benzene rings is 2. The van der Waals surface area contributed by atoms with Gasteiger partial charge in [0, 0.05) is 58.9 Å². The second kappa shape index (κ2) is 12.8. The average molecular weight is 665 g/mol. The lowest BCUT2D eigenvalue weighted by Crippen LogP contribution is -2.32. The van der Waals surface area contributed by atoms with E-state index in [1.54, 1.807) is 23.5 Å². The van der Waals surface area contributed by atoms with Gasteiger partial charge >= 0.3 is 5.97 Å². The number of anilines is 1. The molecule has 4 heterocycles. The SMILES string of the molecule is COC(=O)c1nc(C(=O)N2CCC3(CCCC3)C2)ccc1-c1cc2c(cc1C(=O)Nc1c(C)cc(CN)cc1C)-c1sccc1CCO2. The Labute approximate surface area is 284 Å². The molecule has 48 heavy (non-hydrogen) atoms. The molecule has 7 rings (SSSR count). The maximum atomic E-state index is 14.3. The zero-order valence-electron chi connectivity index (χ0n) is 27.6. The number of nitrogens with zero attached hydrogens (tertiary/aromatic N) is 2. The lowest BCUT2D eigenvalue weighted by Gasteiger charge is -2.23. The molecule has 4 aromatic rings. The van der Waals surface area contributed by atoms with Gasteiger partial charge in [-0.25, -0.2) is 9.78 Å². The molecule has 9 nitrogen and oxygen atoms in total. The molecule has 2 aromatic heterocycles. The normalized spacial score (nSPS) is 16.2. The zero-order valence-corrected chi connectivity index (χ0v) is 28.4. The van der Waals surface area contributed by atoms with Gasteiger partial charge in [0.2, 0.25) is 0 Å². The van der Waals surface area contributed by atoms with Crippen LogP contribution in [0.3, 0.4) is 0 Å². The van der Waals surface area contributed by atoms with Crippen molar-refractivity contribution in [2.45, 2.75) is 58.9 Å². The van der Waals surface area contributed by atoms with Gasteiger partial charge in [0.1, 0.15) is 11.4 Å². The number of nitrogens with one attached hydrogen (secondary N) is 1. The Kier molecular flexibility index (Phi) is 8.55. The molecule has 248 valence electrons. The summed E-state index contributed by atoms with van der Waals surface area (Å²) in [5.41, 5.74) is 12.9. The smallest absolute Gasteiger partial charge is 0.357 e. The van der Waals surface area contributed by atoms with E-state index in [1.165, 1.54) is 20.0 Å². The highest BCUT2D eigenvalue weighted by molar-refractivity contribution is 7.13. The maximum absolute atomic E-state index is 14.3. The van der Waals surface area contributed by atoms with Crippen LogP contribution in [0.15, 0.2) is 47.8 Å². The number of thiophene rings is 1. The lowest BCUT2D eigenvalue weighted by atomic mass is 9.86. The number of carbonyl (C=O) groups is 3. The summed E-state index contributed by atoms with van der Waals surface area (Å²) in [6.45, 7) is 6.14. The Hall–Kier alpha value is -4.54. The van der Waals surface area contributed by atoms with E-state index >= 15 is 0 Å². The van der Waals surface area contributed by atoms with E-state index in [2.05, 4.69) is 16.4 Å². The van der Waals surface area contributed by atoms with Crippen molar-refractivity contribution in [1.82, 2.24) is 9.88 Å². The van der Waals surface area contributed by atoms with Crippen molar-refractivity contribution in [3.05, 3.63) is 87.0 Å². The Morgan fingerprint density at radius 1 is 1.02 bits per heavy atom. The van der Waals surface area contributed by atoms with Crippen LogP contribution in [-0.4, -0.2) is 54.5 Å². The van der Waals surface area contributed by atoms with E-state index in [0.29, 0.717) is 54.4 Å². The minimum atomic E-state index is -0.694. The number of hydrogen-bond acceptors (Lipinski definition) is 8. The predicted molar refractivity (Wildman–Crippen MR) is 187 cm³/mol. The van der Waals surface area contributed by atoms with Crippen molar-refractivity contribution < 1.29 is 23.9 Å². The van der Waals surface area contributed by atoms with Crippen LogP contribution < -0.4 is 15.8 Å². The van der Waals surface area contributed by atoms with Crippen LogP contribution in [0.2, 0.25) is 0 Å². The molecule has 0 radical (unpaired) electrons.